The summed E-state index contributed by atoms with van der Waals surface area (Å²) in [6, 6.07) is 11.3. The van der Waals surface area contributed by atoms with Crippen molar-refractivity contribution in [2.45, 2.75) is 20.8 Å². The third-order valence-electron chi connectivity index (χ3n) is 3.16. The summed E-state index contributed by atoms with van der Waals surface area (Å²) in [7, 11) is 0. The molecular formula is C17H18ClNO2. The number of amides is 1. The number of carbonyl (C=O) groups is 1. The number of rotatable bonds is 4. The monoisotopic (exact) mass is 303 g/mol. The van der Waals surface area contributed by atoms with Crippen molar-refractivity contribution in [2.75, 3.05) is 11.9 Å². The Balaban J connectivity index is 1.97. The molecule has 1 amide bonds. The quantitative estimate of drug-likeness (QED) is 0.915. The fraction of sp³-hybridized carbons (Fsp3) is 0.235. The van der Waals surface area contributed by atoms with Crippen molar-refractivity contribution in [2.24, 2.45) is 0 Å². The Labute approximate surface area is 129 Å². The molecular weight excluding hydrogens is 286 g/mol. The van der Waals surface area contributed by atoms with Crippen molar-refractivity contribution in [1.82, 2.24) is 0 Å². The average molecular weight is 304 g/mol. The van der Waals surface area contributed by atoms with Crippen LogP contribution >= 0.6 is 11.6 Å². The topological polar surface area (TPSA) is 38.3 Å². The predicted octanol–water partition coefficient (Wildman–Crippen LogP) is 4.28. The lowest BCUT2D eigenvalue weighted by molar-refractivity contribution is -0.118. The van der Waals surface area contributed by atoms with Crippen molar-refractivity contribution in [1.29, 1.82) is 0 Å². The molecule has 0 bridgehead atoms. The highest BCUT2D eigenvalue weighted by Crippen LogP contribution is 2.21. The first-order valence-corrected chi connectivity index (χ1v) is 7.09. The molecule has 3 nitrogen and oxygen atoms in total. The molecule has 0 aromatic heterocycles. The molecule has 4 heteroatoms. The van der Waals surface area contributed by atoms with E-state index in [1.807, 2.05) is 45.0 Å². The van der Waals surface area contributed by atoms with Crippen LogP contribution in [0.2, 0.25) is 5.02 Å². The first-order chi connectivity index (χ1) is 9.95. The van der Waals surface area contributed by atoms with Crippen LogP contribution in [0.3, 0.4) is 0 Å². The summed E-state index contributed by atoms with van der Waals surface area (Å²) in [6.45, 7) is 5.82. The van der Waals surface area contributed by atoms with Gasteiger partial charge >= 0.3 is 0 Å². The summed E-state index contributed by atoms with van der Waals surface area (Å²) in [5.74, 6) is 0.541. The summed E-state index contributed by atoms with van der Waals surface area (Å²) in [6.07, 6.45) is 0. The van der Waals surface area contributed by atoms with Crippen LogP contribution in [0.15, 0.2) is 36.4 Å². The van der Waals surface area contributed by atoms with Gasteiger partial charge < -0.3 is 10.1 Å². The number of halogens is 1. The molecule has 0 unspecified atom stereocenters. The minimum Gasteiger partial charge on any atom is -0.483 e. The van der Waals surface area contributed by atoms with Gasteiger partial charge in [-0.2, -0.15) is 0 Å². The third kappa shape index (κ3) is 4.23. The number of ether oxygens (including phenoxy) is 1. The van der Waals surface area contributed by atoms with Crippen LogP contribution in [0.4, 0.5) is 5.69 Å². The molecule has 2 aromatic carbocycles. The Morgan fingerprint density at radius 1 is 1.10 bits per heavy atom. The zero-order valence-corrected chi connectivity index (χ0v) is 13.1. The van der Waals surface area contributed by atoms with Crippen LogP contribution in [0.1, 0.15) is 16.7 Å². The van der Waals surface area contributed by atoms with E-state index in [9.17, 15) is 4.79 Å². The van der Waals surface area contributed by atoms with Gasteiger partial charge in [0.05, 0.1) is 0 Å². The molecule has 2 aromatic rings. The van der Waals surface area contributed by atoms with Crippen molar-refractivity contribution in [3.05, 3.63) is 58.1 Å². The van der Waals surface area contributed by atoms with Crippen molar-refractivity contribution in [3.8, 4) is 5.75 Å². The zero-order valence-electron chi connectivity index (χ0n) is 12.4. The summed E-state index contributed by atoms with van der Waals surface area (Å²) >= 11 is 5.89. The Hall–Kier alpha value is -2.00. The Morgan fingerprint density at radius 2 is 1.86 bits per heavy atom. The van der Waals surface area contributed by atoms with Crippen molar-refractivity contribution >= 4 is 23.2 Å². The molecule has 21 heavy (non-hydrogen) atoms. The molecule has 1 N–H and O–H groups in total. The lowest BCUT2D eigenvalue weighted by Crippen LogP contribution is -2.20. The molecule has 0 atom stereocenters. The van der Waals surface area contributed by atoms with E-state index in [0.29, 0.717) is 5.02 Å². The van der Waals surface area contributed by atoms with Gasteiger partial charge in [0.15, 0.2) is 6.61 Å². The van der Waals surface area contributed by atoms with E-state index in [-0.39, 0.29) is 12.5 Å². The SMILES string of the molecule is Cc1ccc(C)c(OCC(=O)Nc2ccc(Cl)cc2C)c1. The fourth-order valence-corrected chi connectivity index (χ4v) is 2.19. The van der Waals surface area contributed by atoms with Gasteiger partial charge in [-0.3, -0.25) is 4.79 Å². The lowest BCUT2D eigenvalue weighted by atomic mass is 10.1. The van der Waals surface area contributed by atoms with Crippen molar-refractivity contribution in [3.63, 3.8) is 0 Å². The number of nitrogens with one attached hydrogen (secondary N) is 1. The van der Waals surface area contributed by atoms with Gasteiger partial charge in [0.1, 0.15) is 5.75 Å². The summed E-state index contributed by atoms with van der Waals surface area (Å²) in [5, 5.41) is 3.47. The molecule has 2 rings (SSSR count). The predicted molar refractivity (Wildman–Crippen MR) is 86.2 cm³/mol. The molecule has 0 spiro atoms. The van der Waals surface area contributed by atoms with Gasteiger partial charge in [0.25, 0.3) is 5.91 Å². The number of hydrogen-bond donors (Lipinski definition) is 1. The van der Waals surface area contributed by atoms with Gasteiger partial charge in [-0.1, -0.05) is 23.7 Å². The highest BCUT2D eigenvalue weighted by atomic mass is 35.5. The Morgan fingerprint density at radius 3 is 2.57 bits per heavy atom. The highest BCUT2D eigenvalue weighted by Gasteiger charge is 2.07. The van der Waals surface area contributed by atoms with Gasteiger partial charge in [0, 0.05) is 10.7 Å². The van der Waals surface area contributed by atoms with E-state index in [2.05, 4.69) is 5.32 Å². The number of anilines is 1. The molecule has 0 radical (unpaired) electrons. The third-order valence-corrected chi connectivity index (χ3v) is 3.40. The maximum atomic E-state index is 12.0. The second-order valence-electron chi connectivity index (χ2n) is 5.07. The number of aryl methyl sites for hydroxylation is 3. The maximum Gasteiger partial charge on any atom is 0.262 e. The number of benzene rings is 2. The van der Waals surface area contributed by atoms with Crippen LogP contribution in [0.5, 0.6) is 5.75 Å². The van der Waals surface area contributed by atoms with Gasteiger partial charge in [-0.05, 0) is 61.7 Å². The van der Waals surface area contributed by atoms with E-state index in [1.165, 1.54) is 0 Å². The molecule has 0 saturated carbocycles. The van der Waals surface area contributed by atoms with Crippen molar-refractivity contribution < 1.29 is 9.53 Å². The second kappa shape index (κ2) is 6.64. The number of carbonyl (C=O) groups excluding carboxylic acids is 1. The van der Waals surface area contributed by atoms with Gasteiger partial charge in [-0.25, -0.2) is 0 Å². The molecule has 0 aliphatic heterocycles. The Kier molecular flexibility index (Phi) is 4.86. The normalized spacial score (nSPS) is 10.3. The molecule has 0 saturated heterocycles. The van der Waals surface area contributed by atoms with E-state index in [4.69, 9.17) is 16.3 Å². The molecule has 0 aliphatic rings. The summed E-state index contributed by atoms with van der Waals surface area (Å²) in [5.41, 5.74) is 3.78. The van der Waals surface area contributed by atoms with Crippen LogP contribution in [-0.4, -0.2) is 12.5 Å². The van der Waals surface area contributed by atoms with E-state index in [1.54, 1.807) is 12.1 Å². The molecule has 0 fully saturated rings. The number of hydrogen-bond acceptors (Lipinski definition) is 2. The minimum atomic E-state index is -0.193. The standard InChI is InChI=1S/C17H18ClNO2/c1-11-4-5-12(2)16(8-11)21-10-17(20)19-15-7-6-14(18)9-13(15)3/h4-9H,10H2,1-3H3,(H,19,20). The van der Waals surface area contributed by atoms with Crippen LogP contribution in [0.25, 0.3) is 0 Å². The minimum absolute atomic E-state index is 0.0215. The first kappa shape index (κ1) is 15.4. The molecule has 0 heterocycles. The second-order valence-corrected chi connectivity index (χ2v) is 5.50. The summed E-state index contributed by atoms with van der Waals surface area (Å²) < 4.78 is 5.58. The van der Waals surface area contributed by atoms with Gasteiger partial charge in [-0.15, -0.1) is 0 Å². The van der Waals surface area contributed by atoms with Crippen LogP contribution in [-0.2, 0) is 4.79 Å². The largest absolute Gasteiger partial charge is 0.483 e. The molecule has 110 valence electrons. The van der Waals surface area contributed by atoms with E-state index >= 15 is 0 Å². The Bertz CT molecular complexity index is 668. The van der Waals surface area contributed by atoms with Crippen LogP contribution < -0.4 is 10.1 Å². The van der Waals surface area contributed by atoms with E-state index in [0.717, 1.165) is 28.1 Å². The highest BCUT2D eigenvalue weighted by molar-refractivity contribution is 6.30. The van der Waals surface area contributed by atoms with Gasteiger partial charge in [0.2, 0.25) is 0 Å². The fourth-order valence-electron chi connectivity index (χ4n) is 1.96. The van der Waals surface area contributed by atoms with E-state index < -0.39 is 0 Å². The van der Waals surface area contributed by atoms with Crippen LogP contribution in [0, 0.1) is 20.8 Å². The first-order valence-electron chi connectivity index (χ1n) is 6.72. The summed E-state index contributed by atoms with van der Waals surface area (Å²) in [4.78, 5) is 12.0. The zero-order chi connectivity index (χ0) is 15.4. The maximum absolute atomic E-state index is 12.0. The average Bonchev–Trinajstić information content (AvgIpc) is 2.43. The lowest BCUT2D eigenvalue weighted by Gasteiger charge is -2.11. The molecule has 0 aliphatic carbocycles. The smallest absolute Gasteiger partial charge is 0.262 e.